The highest BCUT2D eigenvalue weighted by Gasteiger charge is 2.23. The zero-order valence-corrected chi connectivity index (χ0v) is 13.1. The third-order valence-electron chi connectivity index (χ3n) is 2.51. The maximum Gasteiger partial charge on any atom is 0.268 e. The summed E-state index contributed by atoms with van der Waals surface area (Å²) < 4.78 is 31.9. The highest BCUT2D eigenvalue weighted by molar-refractivity contribution is 9.10. The molecule has 0 radical (unpaired) electrons. The Morgan fingerprint density at radius 3 is 2.60 bits per heavy atom. The summed E-state index contributed by atoms with van der Waals surface area (Å²) in [6.45, 7) is 3.53. The Bertz CT molecular complexity index is 743. The summed E-state index contributed by atoms with van der Waals surface area (Å²) in [5.74, 6) is 0.242. The minimum Gasteiger partial charge on any atom is -0.452 e. The molecule has 0 aliphatic rings. The zero-order valence-electron chi connectivity index (χ0n) is 10.7. The molecular weight excluding hydrogens is 350 g/mol. The Balaban J connectivity index is 2.35. The number of aryl methyl sites for hydroxylation is 2. The van der Waals surface area contributed by atoms with E-state index in [0.717, 1.165) is 0 Å². The smallest absolute Gasteiger partial charge is 0.268 e. The number of furan rings is 1. The molecule has 0 fully saturated rings. The number of sulfonamides is 1. The molecule has 0 unspecified atom stereocenters. The number of halogens is 1. The van der Waals surface area contributed by atoms with Gasteiger partial charge in [0.1, 0.15) is 10.7 Å². The summed E-state index contributed by atoms with van der Waals surface area (Å²) in [6.07, 6.45) is 0. The molecule has 0 saturated carbocycles. The number of nitrogens with two attached hydrogens (primary N) is 1. The van der Waals surface area contributed by atoms with Gasteiger partial charge in [-0.05, 0) is 29.8 Å². The van der Waals surface area contributed by atoms with Crippen molar-refractivity contribution in [2.45, 2.75) is 25.3 Å². The number of hydrogen-bond acceptors (Lipinski definition) is 7. The number of nitrogens with zero attached hydrogens (tertiary/aromatic N) is 3. The number of aromatic nitrogens is 3. The van der Waals surface area contributed by atoms with E-state index in [9.17, 15) is 8.42 Å². The van der Waals surface area contributed by atoms with E-state index in [2.05, 4.69) is 35.8 Å². The van der Waals surface area contributed by atoms with Crippen LogP contribution in [0.1, 0.15) is 17.1 Å². The van der Waals surface area contributed by atoms with Crippen LogP contribution in [0, 0.1) is 13.8 Å². The fraction of sp³-hybridized carbons (Fsp3) is 0.300. The van der Waals surface area contributed by atoms with Crippen molar-refractivity contribution in [3.05, 3.63) is 27.9 Å². The maximum atomic E-state index is 12.2. The molecule has 0 aromatic carbocycles. The zero-order chi connectivity index (χ0) is 14.9. The third-order valence-corrected chi connectivity index (χ3v) is 4.70. The fourth-order valence-corrected chi connectivity index (χ4v) is 3.29. The van der Waals surface area contributed by atoms with Crippen LogP contribution in [0.4, 0.5) is 5.95 Å². The second-order valence-electron chi connectivity index (χ2n) is 3.97. The van der Waals surface area contributed by atoms with Gasteiger partial charge in [0.15, 0.2) is 4.67 Å². The van der Waals surface area contributed by atoms with Gasteiger partial charge in [-0.25, -0.2) is 18.1 Å². The number of rotatable bonds is 4. The molecule has 108 valence electrons. The minimum atomic E-state index is -3.87. The van der Waals surface area contributed by atoms with Crippen molar-refractivity contribution in [1.29, 1.82) is 0 Å². The predicted molar refractivity (Wildman–Crippen MR) is 74.4 cm³/mol. The Labute approximate surface area is 124 Å². The average molecular weight is 362 g/mol. The van der Waals surface area contributed by atoms with Crippen molar-refractivity contribution in [3.8, 4) is 0 Å². The summed E-state index contributed by atoms with van der Waals surface area (Å²) >= 11 is 3.04. The van der Waals surface area contributed by atoms with Gasteiger partial charge >= 0.3 is 0 Å². The van der Waals surface area contributed by atoms with E-state index in [-0.39, 0.29) is 22.1 Å². The van der Waals surface area contributed by atoms with Crippen molar-refractivity contribution in [2.75, 3.05) is 4.72 Å². The highest BCUT2D eigenvalue weighted by atomic mass is 79.9. The number of anilines is 1. The van der Waals surface area contributed by atoms with Crippen LogP contribution < -0.4 is 10.5 Å². The van der Waals surface area contributed by atoms with Gasteiger partial charge < -0.3 is 10.2 Å². The van der Waals surface area contributed by atoms with E-state index < -0.39 is 10.0 Å². The molecule has 0 bridgehead atoms. The van der Waals surface area contributed by atoms with Crippen molar-refractivity contribution in [2.24, 2.45) is 5.73 Å². The lowest BCUT2D eigenvalue weighted by Gasteiger charge is -2.05. The molecule has 0 aliphatic carbocycles. The first-order valence-electron chi connectivity index (χ1n) is 5.52. The summed E-state index contributed by atoms with van der Waals surface area (Å²) in [5, 5.41) is 7.49. The predicted octanol–water partition coefficient (Wildman–Crippen LogP) is 1.10. The standard InChI is InChI=1S/C10H12BrN5O3S/c1-5-6(2)14-15-10(13-5)16-20(17,18)8-3-7(4-12)19-9(8)11/h3H,4,12H2,1-2H3,(H,13,15,16). The van der Waals surface area contributed by atoms with E-state index in [1.165, 1.54) is 6.07 Å². The van der Waals surface area contributed by atoms with Crippen LogP contribution in [0.15, 0.2) is 20.0 Å². The summed E-state index contributed by atoms with van der Waals surface area (Å²) in [5.41, 5.74) is 6.62. The molecule has 3 N–H and O–H groups in total. The molecule has 0 amide bonds. The highest BCUT2D eigenvalue weighted by Crippen LogP contribution is 2.27. The first-order valence-corrected chi connectivity index (χ1v) is 7.80. The van der Waals surface area contributed by atoms with E-state index in [4.69, 9.17) is 10.2 Å². The van der Waals surface area contributed by atoms with Crippen LogP contribution in [0.3, 0.4) is 0 Å². The first-order chi connectivity index (χ1) is 9.33. The Kier molecular flexibility index (Phi) is 4.06. The van der Waals surface area contributed by atoms with Gasteiger partial charge in [0.25, 0.3) is 16.0 Å². The van der Waals surface area contributed by atoms with Crippen molar-refractivity contribution < 1.29 is 12.8 Å². The van der Waals surface area contributed by atoms with Gasteiger partial charge in [-0.3, -0.25) is 0 Å². The molecular formula is C10H12BrN5O3S. The third kappa shape index (κ3) is 2.97. The lowest BCUT2D eigenvalue weighted by atomic mass is 10.4. The van der Waals surface area contributed by atoms with Crippen LogP contribution in [0.25, 0.3) is 0 Å². The first kappa shape index (κ1) is 14.9. The Morgan fingerprint density at radius 2 is 2.05 bits per heavy atom. The number of nitrogens with one attached hydrogen (secondary N) is 1. The average Bonchev–Trinajstić information content (AvgIpc) is 2.76. The van der Waals surface area contributed by atoms with Gasteiger partial charge in [-0.2, -0.15) is 5.10 Å². The van der Waals surface area contributed by atoms with Gasteiger partial charge in [-0.15, -0.1) is 5.10 Å². The second-order valence-corrected chi connectivity index (χ2v) is 6.34. The van der Waals surface area contributed by atoms with Crippen molar-refractivity contribution in [3.63, 3.8) is 0 Å². The van der Waals surface area contributed by atoms with Gasteiger partial charge in [0.2, 0.25) is 0 Å². The van der Waals surface area contributed by atoms with Crippen LogP contribution in [0.5, 0.6) is 0 Å². The minimum absolute atomic E-state index is 0.0696. The molecule has 8 nitrogen and oxygen atoms in total. The van der Waals surface area contributed by atoms with E-state index in [1.807, 2.05) is 0 Å². The maximum absolute atomic E-state index is 12.2. The van der Waals surface area contributed by atoms with E-state index in [1.54, 1.807) is 13.8 Å². The Hall–Kier alpha value is -1.52. The van der Waals surface area contributed by atoms with E-state index in [0.29, 0.717) is 17.1 Å². The van der Waals surface area contributed by atoms with Crippen molar-refractivity contribution >= 4 is 31.9 Å². The molecule has 10 heteroatoms. The van der Waals surface area contributed by atoms with Gasteiger partial charge in [0, 0.05) is 6.07 Å². The van der Waals surface area contributed by atoms with Crippen molar-refractivity contribution in [1.82, 2.24) is 15.2 Å². The summed E-state index contributed by atoms with van der Waals surface area (Å²) in [4.78, 5) is 3.94. The molecule has 2 rings (SSSR count). The fourth-order valence-electron chi connectivity index (χ4n) is 1.36. The Morgan fingerprint density at radius 1 is 1.35 bits per heavy atom. The lowest BCUT2D eigenvalue weighted by molar-refractivity contribution is 0.484. The van der Waals surface area contributed by atoms with Gasteiger partial charge in [-0.1, -0.05) is 0 Å². The topological polar surface area (TPSA) is 124 Å². The molecule has 2 aromatic heterocycles. The monoisotopic (exact) mass is 361 g/mol. The lowest BCUT2D eigenvalue weighted by Crippen LogP contribution is -2.16. The molecule has 0 aliphatic heterocycles. The van der Waals surface area contributed by atoms with E-state index >= 15 is 0 Å². The summed E-state index contributed by atoms with van der Waals surface area (Å²) in [6, 6.07) is 1.33. The quantitative estimate of drug-likeness (QED) is 0.835. The molecule has 2 aromatic rings. The normalized spacial score (nSPS) is 11.6. The summed E-state index contributed by atoms with van der Waals surface area (Å²) in [7, 11) is -3.87. The van der Waals surface area contributed by atoms with Crippen LogP contribution in [-0.4, -0.2) is 23.6 Å². The second kappa shape index (κ2) is 5.46. The SMILES string of the molecule is Cc1nnc(NS(=O)(=O)c2cc(CN)oc2Br)nc1C. The van der Waals surface area contributed by atoms with Crippen LogP contribution in [-0.2, 0) is 16.6 Å². The molecule has 0 saturated heterocycles. The molecule has 0 atom stereocenters. The van der Waals surface area contributed by atoms with Crippen LogP contribution >= 0.6 is 15.9 Å². The van der Waals surface area contributed by atoms with Crippen LogP contribution in [0.2, 0.25) is 0 Å². The van der Waals surface area contributed by atoms with Gasteiger partial charge in [0.05, 0.1) is 17.9 Å². The molecule has 2 heterocycles. The molecule has 20 heavy (non-hydrogen) atoms. The molecule has 0 spiro atoms. The largest absolute Gasteiger partial charge is 0.452 e. The number of hydrogen-bond donors (Lipinski definition) is 2.